The van der Waals surface area contributed by atoms with Crippen molar-refractivity contribution in [3.8, 4) is 0 Å². The molecule has 1 heterocycles. The summed E-state index contributed by atoms with van der Waals surface area (Å²) < 4.78 is 39.8. The Labute approximate surface area is 117 Å². The van der Waals surface area contributed by atoms with Crippen LogP contribution in [0.1, 0.15) is 31.2 Å². The molecule has 114 valence electrons. The van der Waals surface area contributed by atoms with Gasteiger partial charge in [0.05, 0.1) is 12.1 Å². The summed E-state index contributed by atoms with van der Waals surface area (Å²) in [7, 11) is 3.75. The molecule has 0 bridgehead atoms. The lowest BCUT2D eigenvalue weighted by Gasteiger charge is -2.34. The number of aryl methyl sites for hydroxylation is 1. The highest BCUT2D eigenvalue weighted by molar-refractivity contribution is 5.06. The van der Waals surface area contributed by atoms with Crippen LogP contribution < -0.4 is 5.32 Å². The molecular weight excluding hydrogens is 267 g/mol. The molecule has 1 atom stereocenters. The minimum Gasteiger partial charge on any atom is -0.316 e. The van der Waals surface area contributed by atoms with Gasteiger partial charge in [-0.25, -0.2) is 0 Å². The fourth-order valence-electron chi connectivity index (χ4n) is 3.18. The smallest absolute Gasteiger partial charge is 0.316 e. The van der Waals surface area contributed by atoms with Crippen molar-refractivity contribution in [1.29, 1.82) is 0 Å². The number of nitrogens with one attached hydrogen (secondary N) is 1. The van der Waals surface area contributed by atoms with Gasteiger partial charge < -0.3 is 5.32 Å². The Morgan fingerprint density at radius 1 is 1.35 bits per heavy atom. The lowest BCUT2D eigenvalue weighted by atomic mass is 9.77. The maximum absolute atomic E-state index is 12.7. The summed E-state index contributed by atoms with van der Waals surface area (Å²) in [6, 6.07) is 0.230. The van der Waals surface area contributed by atoms with Gasteiger partial charge in [-0.2, -0.15) is 18.3 Å². The first-order valence-corrected chi connectivity index (χ1v) is 7.11. The number of nitrogens with zero attached hydrogens (tertiary/aromatic N) is 2. The fraction of sp³-hybridized carbons (Fsp3) is 0.786. The van der Waals surface area contributed by atoms with E-state index in [0.29, 0.717) is 18.8 Å². The van der Waals surface area contributed by atoms with Crippen LogP contribution in [0.25, 0.3) is 0 Å². The van der Waals surface area contributed by atoms with Gasteiger partial charge in [-0.1, -0.05) is 0 Å². The van der Waals surface area contributed by atoms with E-state index in [1.165, 1.54) is 0 Å². The zero-order valence-corrected chi connectivity index (χ0v) is 12.0. The first kappa shape index (κ1) is 15.4. The number of alkyl halides is 3. The SMILES string of the molecule is CNC(Cc1cnn(C)c1)C1CCC(C(F)(F)F)CC1. The Balaban J connectivity index is 1.90. The zero-order valence-electron chi connectivity index (χ0n) is 12.0. The Morgan fingerprint density at radius 2 is 2.00 bits per heavy atom. The van der Waals surface area contributed by atoms with E-state index in [1.807, 2.05) is 26.5 Å². The van der Waals surface area contributed by atoms with Crippen molar-refractivity contribution < 1.29 is 13.2 Å². The number of halogens is 3. The van der Waals surface area contributed by atoms with Crippen LogP contribution in [0.4, 0.5) is 13.2 Å². The van der Waals surface area contributed by atoms with Crippen LogP contribution in [0.2, 0.25) is 0 Å². The summed E-state index contributed by atoms with van der Waals surface area (Å²) in [6.45, 7) is 0. The standard InChI is InChI=1S/C14H22F3N3/c1-18-13(7-10-8-19-20(2)9-10)11-3-5-12(6-4-11)14(15,16)17/h8-9,11-13,18H,3-7H2,1-2H3. The van der Waals surface area contributed by atoms with Crippen LogP contribution in [-0.2, 0) is 13.5 Å². The molecule has 1 fully saturated rings. The van der Waals surface area contributed by atoms with E-state index in [4.69, 9.17) is 0 Å². The number of hydrogen-bond acceptors (Lipinski definition) is 2. The molecule has 1 saturated carbocycles. The van der Waals surface area contributed by atoms with Gasteiger partial charge in [0.15, 0.2) is 0 Å². The molecule has 0 radical (unpaired) electrons. The molecule has 0 spiro atoms. The van der Waals surface area contributed by atoms with Crippen LogP contribution in [0.15, 0.2) is 12.4 Å². The predicted molar refractivity (Wildman–Crippen MR) is 71.3 cm³/mol. The zero-order chi connectivity index (χ0) is 14.8. The molecular formula is C14H22F3N3. The molecule has 1 N–H and O–H groups in total. The van der Waals surface area contributed by atoms with Crippen molar-refractivity contribution in [2.45, 2.75) is 44.3 Å². The third-order valence-corrected chi connectivity index (χ3v) is 4.39. The molecule has 1 aromatic heterocycles. The third-order valence-electron chi connectivity index (χ3n) is 4.39. The molecule has 2 rings (SSSR count). The van der Waals surface area contributed by atoms with Crippen molar-refractivity contribution in [3.63, 3.8) is 0 Å². The summed E-state index contributed by atoms with van der Waals surface area (Å²) in [4.78, 5) is 0. The van der Waals surface area contributed by atoms with E-state index in [9.17, 15) is 13.2 Å². The lowest BCUT2D eigenvalue weighted by Crippen LogP contribution is -2.39. The van der Waals surface area contributed by atoms with Gasteiger partial charge in [-0.15, -0.1) is 0 Å². The molecule has 0 aliphatic heterocycles. The minimum absolute atomic E-state index is 0.230. The van der Waals surface area contributed by atoms with E-state index in [2.05, 4.69) is 10.4 Å². The minimum atomic E-state index is -4.02. The largest absolute Gasteiger partial charge is 0.391 e. The van der Waals surface area contributed by atoms with Gasteiger partial charge in [0.1, 0.15) is 0 Å². The van der Waals surface area contributed by atoms with Crippen molar-refractivity contribution >= 4 is 0 Å². The van der Waals surface area contributed by atoms with Crippen LogP contribution in [0.5, 0.6) is 0 Å². The second kappa shape index (κ2) is 6.16. The highest BCUT2D eigenvalue weighted by atomic mass is 19.4. The fourth-order valence-corrected chi connectivity index (χ4v) is 3.18. The molecule has 0 saturated heterocycles. The van der Waals surface area contributed by atoms with E-state index in [-0.39, 0.29) is 18.9 Å². The van der Waals surface area contributed by atoms with Crippen molar-refractivity contribution in [2.75, 3.05) is 7.05 Å². The quantitative estimate of drug-likeness (QED) is 0.923. The van der Waals surface area contributed by atoms with Crippen LogP contribution in [0, 0.1) is 11.8 Å². The van der Waals surface area contributed by atoms with Gasteiger partial charge in [0.25, 0.3) is 0 Å². The predicted octanol–water partition coefficient (Wildman–Crippen LogP) is 2.92. The van der Waals surface area contributed by atoms with Gasteiger partial charge in [0.2, 0.25) is 0 Å². The van der Waals surface area contributed by atoms with Crippen molar-refractivity contribution in [3.05, 3.63) is 18.0 Å². The van der Waals surface area contributed by atoms with Crippen LogP contribution in [0.3, 0.4) is 0 Å². The Hall–Kier alpha value is -1.04. The molecule has 1 unspecified atom stereocenters. The molecule has 6 heteroatoms. The molecule has 1 aliphatic rings. The van der Waals surface area contributed by atoms with E-state index >= 15 is 0 Å². The highest BCUT2D eigenvalue weighted by Gasteiger charge is 2.42. The summed E-state index contributed by atoms with van der Waals surface area (Å²) in [5.74, 6) is -0.784. The Kier molecular flexibility index (Phi) is 4.73. The van der Waals surface area contributed by atoms with Gasteiger partial charge >= 0.3 is 6.18 Å². The number of aromatic nitrogens is 2. The van der Waals surface area contributed by atoms with Gasteiger partial charge in [-0.3, -0.25) is 4.68 Å². The van der Waals surface area contributed by atoms with Gasteiger partial charge in [0, 0.05) is 19.3 Å². The second-order valence-electron chi connectivity index (χ2n) is 5.77. The second-order valence-corrected chi connectivity index (χ2v) is 5.77. The molecule has 0 amide bonds. The summed E-state index contributed by atoms with van der Waals surface area (Å²) in [6.07, 6.45) is 2.41. The summed E-state index contributed by atoms with van der Waals surface area (Å²) in [5, 5.41) is 7.40. The van der Waals surface area contributed by atoms with Gasteiger partial charge in [-0.05, 0) is 50.6 Å². The first-order valence-electron chi connectivity index (χ1n) is 7.11. The maximum Gasteiger partial charge on any atom is 0.391 e. The summed E-state index contributed by atoms with van der Waals surface area (Å²) >= 11 is 0. The van der Waals surface area contributed by atoms with Crippen LogP contribution in [-0.4, -0.2) is 29.0 Å². The van der Waals surface area contributed by atoms with Crippen molar-refractivity contribution in [2.24, 2.45) is 18.9 Å². The van der Waals surface area contributed by atoms with E-state index < -0.39 is 12.1 Å². The third kappa shape index (κ3) is 3.75. The lowest BCUT2D eigenvalue weighted by molar-refractivity contribution is -0.184. The first-order chi connectivity index (χ1) is 9.40. The monoisotopic (exact) mass is 289 g/mol. The average molecular weight is 289 g/mol. The molecule has 1 aliphatic carbocycles. The van der Waals surface area contributed by atoms with Crippen LogP contribution >= 0.6 is 0 Å². The number of rotatable bonds is 4. The van der Waals surface area contributed by atoms with E-state index in [0.717, 1.165) is 12.0 Å². The highest BCUT2D eigenvalue weighted by Crippen LogP contribution is 2.40. The number of likely N-dealkylation sites (N-methyl/N-ethyl adjacent to an activating group) is 1. The van der Waals surface area contributed by atoms with Crippen molar-refractivity contribution in [1.82, 2.24) is 15.1 Å². The average Bonchev–Trinajstić information content (AvgIpc) is 2.81. The normalized spacial score (nSPS) is 25.6. The molecule has 3 nitrogen and oxygen atoms in total. The molecule has 0 aromatic carbocycles. The maximum atomic E-state index is 12.7. The van der Waals surface area contributed by atoms with E-state index in [1.54, 1.807) is 4.68 Å². The molecule has 20 heavy (non-hydrogen) atoms. The Morgan fingerprint density at radius 3 is 2.45 bits per heavy atom. The number of hydrogen-bond donors (Lipinski definition) is 1. The Bertz CT molecular complexity index is 420. The summed E-state index contributed by atoms with van der Waals surface area (Å²) in [5.41, 5.74) is 1.13. The molecule has 1 aromatic rings. The topological polar surface area (TPSA) is 29.9 Å².